The van der Waals surface area contributed by atoms with E-state index in [4.69, 9.17) is 20.9 Å². The number of rotatable bonds is 6. The Bertz CT molecular complexity index is 991. The molecule has 138 valence electrons. The zero-order valence-electron chi connectivity index (χ0n) is 14.1. The first-order valence-corrected chi connectivity index (χ1v) is 10.2. The fraction of sp³-hybridized carbons (Fsp3) is 0.353. The first kappa shape index (κ1) is 18.6. The van der Waals surface area contributed by atoms with Crippen LogP contribution in [0.3, 0.4) is 0 Å². The number of benzene rings is 1. The number of ketones is 1. The molecule has 0 saturated heterocycles. The van der Waals surface area contributed by atoms with Crippen LogP contribution in [0, 0.1) is 0 Å². The molecule has 1 aliphatic rings. The molecule has 0 spiro atoms. The lowest BCUT2D eigenvalue weighted by Gasteiger charge is -2.08. The number of nitrogens with zero attached hydrogens (tertiary/aromatic N) is 1. The van der Waals surface area contributed by atoms with E-state index >= 15 is 0 Å². The lowest BCUT2D eigenvalue weighted by atomic mass is 9.99. The zero-order chi connectivity index (χ0) is 19.1. The molecular weight excluding hydrogens is 382 g/mol. The Labute approximate surface area is 155 Å². The third-order valence-electron chi connectivity index (χ3n) is 3.95. The van der Waals surface area contributed by atoms with Crippen molar-refractivity contribution < 1.29 is 27.3 Å². The minimum atomic E-state index is -3.73. The van der Waals surface area contributed by atoms with Gasteiger partial charge in [0, 0.05) is 22.8 Å². The van der Waals surface area contributed by atoms with E-state index in [1.807, 2.05) is 0 Å². The van der Waals surface area contributed by atoms with Gasteiger partial charge < -0.3 is 9.26 Å². The molecule has 26 heavy (non-hydrogen) atoms. The molecule has 0 N–H and O–H groups in total. The van der Waals surface area contributed by atoms with Crippen molar-refractivity contribution in [2.75, 3.05) is 12.9 Å². The first-order chi connectivity index (χ1) is 12.2. The van der Waals surface area contributed by atoms with Gasteiger partial charge in [0.15, 0.2) is 21.4 Å². The fourth-order valence-electron chi connectivity index (χ4n) is 2.61. The summed E-state index contributed by atoms with van der Waals surface area (Å²) in [6.07, 6.45) is 2.59. The zero-order valence-corrected chi connectivity index (χ0v) is 15.7. The summed E-state index contributed by atoms with van der Waals surface area (Å²) in [4.78, 5) is 25.1. The van der Waals surface area contributed by atoms with Crippen molar-refractivity contribution in [2.45, 2.75) is 30.6 Å². The maximum absolute atomic E-state index is 13.2. The molecule has 1 saturated carbocycles. The van der Waals surface area contributed by atoms with Gasteiger partial charge in [-0.2, -0.15) is 0 Å². The lowest BCUT2D eigenvalue weighted by Crippen LogP contribution is -2.15. The molecule has 1 aromatic heterocycles. The molecule has 0 amide bonds. The van der Waals surface area contributed by atoms with Gasteiger partial charge in [0.05, 0.1) is 11.5 Å². The maximum atomic E-state index is 13.2. The van der Waals surface area contributed by atoms with Crippen molar-refractivity contribution in [1.29, 1.82) is 0 Å². The lowest BCUT2D eigenvalue weighted by molar-refractivity contribution is 0.0512. The van der Waals surface area contributed by atoms with Crippen LogP contribution in [0.15, 0.2) is 27.6 Å². The Kier molecular flexibility index (Phi) is 4.90. The SMILES string of the molecule is CCOC(=O)c1noc(C2CC2)c1C(=O)c1ccc(Cl)cc1S(C)(=O)=O. The topological polar surface area (TPSA) is 104 Å². The average molecular weight is 398 g/mol. The van der Waals surface area contributed by atoms with Gasteiger partial charge in [0.25, 0.3) is 0 Å². The second-order valence-corrected chi connectivity index (χ2v) is 8.43. The molecule has 1 aromatic carbocycles. The number of halogens is 1. The molecule has 0 bridgehead atoms. The highest BCUT2D eigenvalue weighted by Gasteiger charge is 2.38. The Balaban J connectivity index is 2.17. The maximum Gasteiger partial charge on any atom is 0.361 e. The summed E-state index contributed by atoms with van der Waals surface area (Å²) in [5, 5.41) is 3.89. The third kappa shape index (κ3) is 3.52. The van der Waals surface area contributed by atoms with Crippen LogP contribution in [0.1, 0.15) is 57.9 Å². The Morgan fingerprint density at radius 1 is 1.35 bits per heavy atom. The number of sulfone groups is 1. The quantitative estimate of drug-likeness (QED) is 0.545. The summed E-state index contributed by atoms with van der Waals surface area (Å²) in [6, 6.07) is 3.94. The van der Waals surface area contributed by atoms with E-state index in [9.17, 15) is 18.0 Å². The molecular formula is C17H16ClNO6S. The van der Waals surface area contributed by atoms with Crippen LogP contribution >= 0.6 is 11.6 Å². The first-order valence-electron chi connectivity index (χ1n) is 7.95. The molecule has 7 nitrogen and oxygen atoms in total. The minimum absolute atomic E-state index is 0.0152. The van der Waals surface area contributed by atoms with E-state index in [1.165, 1.54) is 18.2 Å². The van der Waals surface area contributed by atoms with Crippen LogP contribution in [-0.4, -0.2) is 38.2 Å². The number of carbonyl (C=O) groups excluding carboxylic acids is 2. The van der Waals surface area contributed by atoms with Crippen molar-refractivity contribution in [3.05, 3.63) is 45.8 Å². The minimum Gasteiger partial charge on any atom is -0.461 e. The summed E-state index contributed by atoms with van der Waals surface area (Å²) in [5.74, 6) is -1.18. The van der Waals surface area contributed by atoms with Crippen molar-refractivity contribution in [1.82, 2.24) is 5.16 Å². The predicted octanol–water partition coefficient (Wildman–Crippen LogP) is 3.02. The largest absolute Gasteiger partial charge is 0.461 e. The van der Waals surface area contributed by atoms with Crippen LogP contribution < -0.4 is 0 Å². The van der Waals surface area contributed by atoms with Crippen molar-refractivity contribution in [2.24, 2.45) is 0 Å². The summed E-state index contributed by atoms with van der Waals surface area (Å²) < 4.78 is 34.3. The molecule has 3 rings (SSSR count). The summed E-state index contributed by atoms with van der Waals surface area (Å²) in [7, 11) is -3.73. The molecule has 1 heterocycles. The highest BCUT2D eigenvalue weighted by Crippen LogP contribution is 2.43. The molecule has 0 unspecified atom stereocenters. The van der Waals surface area contributed by atoms with Crippen LogP contribution in [0.4, 0.5) is 0 Å². The monoisotopic (exact) mass is 397 g/mol. The molecule has 0 radical (unpaired) electrons. The number of hydrogen-bond donors (Lipinski definition) is 0. The van der Waals surface area contributed by atoms with Crippen LogP contribution in [0.25, 0.3) is 0 Å². The van der Waals surface area contributed by atoms with Gasteiger partial charge in [0.2, 0.25) is 5.69 Å². The predicted molar refractivity (Wildman–Crippen MR) is 92.4 cm³/mol. The summed E-state index contributed by atoms with van der Waals surface area (Å²) >= 11 is 5.89. The second kappa shape index (κ2) is 6.85. The van der Waals surface area contributed by atoms with Gasteiger partial charge in [-0.05, 0) is 38.0 Å². The van der Waals surface area contributed by atoms with Gasteiger partial charge in [-0.25, -0.2) is 13.2 Å². The van der Waals surface area contributed by atoms with Crippen LogP contribution in [-0.2, 0) is 14.6 Å². The highest BCUT2D eigenvalue weighted by molar-refractivity contribution is 7.90. The van der Waals surface area contributed by atoms with E-state index in [-0.39, 0.29) is 45.0 Å². The van der Waals surface area contributed by atoms with E-state index in [1.54, 1.807) is 6.92 Å². The fourth-order valence-corrected chi connectivity index (χ4v) is 3.75. The van der Waals surface area contributed by atoms with E-state index in [0.717, 1.165) is 19.1 Å². The normalized spacial score (nSPS) is 14.3. The van der Waals surface area contributed by atoms with Crippen LogP contribution in [0.2, 0.25) is 5.02 Å². The third-order valence-corrected chi connectivity index (χ3v) is 5.32. The Hall–Kier alpha value is -2.19. The summed E-state index contributed by atoms with van der Waals surface area (Å²) in [5.41, 5.74) is -0.376. The Morgan fingerprint density at radius 2 is 2.04 bits per heavy atom. The van der Waals surface area contributed by atoms with Crippen molar-refractivity contribution in [3.8, 4) is 0 Å². The molecule has 0 atom stereocenters. The summed E-state index contributed by atoms with van der Waals surface area (Å²) in [6.45, 7) is 1.73. The van der Waals surface area contributed by atoms with Crippen LogP contribution in [0.5, 0.6) is 0 Å². The van der Waals surface area contributed by atoms with Gasteiger partial charge in [-0.15, -0.1) is 0 Å². The van der Waals surface area contributed by atoms with Gasteiger partial charge in [0.1, 0.15) is 5.56 Å². The second-order valence-electron chi connectivity index (χ2n) is 6.01. The highest BCUT2D eigenvalue weighted by atomic mass is 35.5. The Morgan fingerprint density at radius 3 is 2.62 bits per heavy atom. The van der Waals surface area contributed by atoms with E-state index in [0.29, 0.717) is 0 Å². The molecule has 0 aliphatic heterocycles. The van der Waals surface area contributed by atoms with E-state index < -0.39 is 21.6 Å². The number of esters is 1. The standard InChI is InChI=1S/C17H16ClNO6S/c1-3-24-17(21)14-13(16(25-19-14)9-4-5-9)15(20)11-7-6-10(18)8-12(11)26(2,22)23/h6-9H,3-5H2,1-2H3. The average Bonchev–Trinajstić information content (AvgIpc) is 3.32. The number of aromatic nitrogens is 1. The van der Waals surface area contributed by atoms with Gasteiger partial charge in [-0.3, -0.25) is 4.79 Å². The van der Waals surface area contributed by atoms with Crippen molar-refractivity contribution in [3.63, 3.8) is 0 Å². The smallest absolute Gasteiger partial charge is 0.361 e. The number of carbonyl (C=O) groups is 2. The van der Waals surface area contributed by atoms with E-state index in [2.05, 4.69) is 5.16 Å². The van der Waals surface area contributed by atoms with Crippen molar-refractivity contribution >= 4 is 33.2 Å². The molecule has 1 fully saturated rings. The number of ether oxygens (including phenoxy) is 1. The van der Waals surface area contributed by atoms with Gasteiger partial charge >= 0.3 is 5.97 Å². The molecule has 2 aromatic rings. The number of hydrogen-bond acceptors (Lipinski definition) is 7. The molecule has 9 heteroatoms. The van der Waals surface area contributed by atoms with Gasteiger partial charge in [-0.1, -0.05) is 16.8 Å². The molecule has 1 aliphatic carbocycles.